The van der Waals surface area contributed by atoms with E-state index >= 15 is 0 Å². The highest BCUT2D eigenvalue weighted by atomic mass is 32.2. The van der Waals surface area contributed by atoms with Gasteiger partial charge in [0.05, 0.1) is 24.2 Å². The smallest absolute Gasteiger partial charge is 0.243 e. The Balaban J connectivity index is 0.000000262. The molecule has 0 radical (unpaired) electrons. The minimum absolute atomic E-state index is 0.242. The highest BCUT2D eigenvalue weighted by Gasteiger charge is 1.88. The number of aromatic nitrogens is 2. The van der Waals surface area contributed by atoms with E-state index in [0.29, 0.717) is 0 Å². The number of allylic oxidation sites excluding steroid dienone is 1. The fourth-order valence-electron chi connectivity index (χ4n) is 0.802. The highest BCUT2D eigenvalue weighted by molar-refractivity contribution is 7.85. The lowest BCUT2D eigenvalue weighted by Crippen LogP contribution is -2.23. The Morgan fingerprint density at radius 1 is 1.60 bits per heavy atom. The third kappa shape index (κ3) is 9.17. The van der Waals surface area contributed by atoms with Crippen LogP contribution < -0.4 is 4.57 Å². The van der Waals surface area contributed by atoms with Gasteiger partial charge in [0.1, 0.15) is 12.4 Å². The lowest BCUT2D eigenvalue weighted by Gasteiger charge is -2.01. The second-order valence-corrected chi connectivity index (χ2v) is 4.61. The Morgan fingerprint density at radius 3 is 2.33 bits per heavy atom. The molecule has 0 unspecified atom stereocenters. The van der Waals surface area contributed by atoms with E-state index in [1.165, 1.54) is 6.08 Å². The van der Waals surface area contributed by atoms with Crippen LogP contribution in [-0.4, -0.2) is 23.3 Å². The van der Waals surface area contributed by atoms with Crippen molar-refractivity contribution in [1.29, 1.82) is 0 Å². The van der Waals surface area contributed by atoms with Gasteiger partial charge < -0.3 is 4.55 Å². The maximum absolute atomic E-state index is 9.79. The molecule has 15 heavy (non-hydrogen) atoms. The Morgan fingerprint density at radius 2 is 2.20 bits per heavy atom. The van der Waals surface area contributed by atoms with E-state index in [2.05, 4.69) is 6.58 Å². The average Bonchev–Trinajstić information content (AvgIpc) is 2.46. The Kier molecular flexibility index (Phi) is 5.88. The zero-order valence-corrected chi connectivity index (χ0v) is 9.77. The molecule has 0 atom stereocenters. The average molecular weight is 232 g/mol. The van der Waals surface area contributed by atoms with Crippen LogP contribution in [0.4, 0.5) is 0 Å². The lowest BCUT2D eigenvalue weighted by atomic mass is 10.5. The molecule has 0 saturated carbocycles. The van der Waals surface area contributed by atoms with Gasteiger partial charge in [-0.1, -0.05) is 6.08 Å². The summed E-state index contributed by atoms with van der Waals surface area (Å²) < 4.78 is 33.4. The SMILES string of the molecule is C=CCCS(=O)(=O)[O-].Cn1cc[n+](C)c1. The van der Waals surface area contributed by atoms with Crippen molar-refractivity contribution in [2.24, 2.45) is 14.1 Å². The summed E-state index contributed by atoms with van der Waals surface area (Å²) in [5.41, 5.74) is 0. The predicted molar refractivity (Wildman–Crippen MR) is 56.0 cm³/mol. The minimum Gasteiger partial charge on any atom is -0.748 e. The largest absolute Gasteiger partial charge is 0.748 e. The number of hydrogen-bond donors (Lipinski definition) is 0. The molecular formula is C9H16N2O3S. The van der Waals surface area contributed by atoms with Crippen molar-refractivity contribution in [3.63, 3.8) is 0 Å². The summed E-state index contributed by atoms with van der Waals surface area (Å²) >= 11 is 0. The molecule has 1 heterocycles. The van der Waals surface area contributed by atoms with Crippen LogP contribution in [0.2, 0.25) is 0 Å². The molecule has 0 N–H and O–H groups in total. The summed E-state index contributed by atoms with van der Waals surface area (Å²) in [5.74, 6) is -0.337. The molecule has 6 heteroatoms. The van der Waals surface area contributed by atoms with Crippen LogP contribution in [-0.2, 0) is 24.2 Å². The normalized spacial score (nSPS) is 10.3. The highest BCUT2D eigenvalue weighted by Crippen LogP contribution is 1.86. The van der Waals surface area contributed by atoms with E-state index in [1.807, 2.05) is 42.0 Å². The molecule has 0 amide bonds. The molecule has 0 aliphatic heterocycles. The van der Waals surface area contributed by atoms with E-state index in [0.717, 1.165) is 0 Å². The van der Waals surface area contributed by atoms with Crippen molar-refractivity contribution < 1.29 is 17.5 Å². The second kappa shape index (κ2) is 6.36. The number of aryl methyl sites for hydroxylation is 2. The van der Waals surface area contributed by atoms with E-state index in [-0.39, 0.29) is 12.2 Å². The van der Waals surface area contributed by atoms with Gasteiger partial charge in [0.15, 0.2) is 0 Å². The van der Waals surface area contributed by atoms with Gasteiger partial charge in [-0.15, -0.1) is 6.58 Å². The third-order valence-corrected chi connectivity index (χ3v) is 2.21. The summed E-state index contributed by atoms with van der Waals surface area (Å²) in [6, 6.07) is 0. The van der Waals surface area contributed by atoms with Crippen LogP contribution in [0.1, 0.15) is 6.42 Å². The predicted octanol–water partition coefficient (Wildman–Crippen LogP) is -0.0427. The molecule has 86 valence electrons. The van der Waals surface area contributed by atoms with Crippen LogP contribution >= 0.6 is 0 Å². The van der Waals surface area contributed by atoms with Crippen LogP contribution in [0.3, 0.4) is 0 Å². The van der Waals surface area contributed by atoms with E-state index in [1.54, 1.807) is 0 Å². The molecule has 1 aromatic rings. The quantitative estimate of drug-likeness (QED) is 0.417. The summed E-state index contributed by atoms with van der Waals surface area (Å²) in [6.07, 6.45) is 7.64. The molecule has 1 aromatic heterocycles. The van der Waals surface area contributed by atoms with Crippen molar-refractivity contribution in [1.82, 2.24) is 4.57 Å². The zero-order chi connectivity index (χ0) is 11.9. The maximum atomic E-state index is 9.79. The van der Waals surface area contributed by atoms with Gasteiger partial charge in [0.2, 0.25) is 6.33 Å². The number of hydrogen-bond acceptors (Lipinski definition) is 3. The minimum atomic E-state index is -4.01. The van der Waals surface area contributed by atoms with Crippen molar-refractivity contribution in [3.8, 4) is 0 Å². The van der Waals surface area contributed by atoms with Gasteiger partial charge >= 0.3 is 0 Å². The topological polar surface area (TPSA) is 66.0 Å². The number of nitrogens with zero attached hydrogens (tertiary/aromatic N) is 2. The Bertz CT molecular complexity index is 379. The fraction of sp³-hybridized carbons (Fsp3) is 0.444. The molecule has 5 nitrogen and oxygen atoms in total. The standard InChI is InChI=1S/C5H9N2.C4H8O3S/c1-6-3-4-7(2)5-6;1-2-3-4-8(5,6)7/h3-5H,1-2H3;2H,1,3-4H2,(H,5,6,7)/q+1;/p-1. The maximum Gasteiger partial charge on any atom is 0.243 e. The van der Waals surface area contributed by atoms with Gasteiger partial charge in [-0.25, -0.2) is 17.6 Å². The second-order valence-electron chi connectivity index (χ2n) is 3.08. The van der Waals surface area contributed by atoms with Gasteiger partial charge in [0, 0.05) is 5.75 Å². The van der Waals surface area contributed by atoms with Crippen LogP contribution in [0, 0.1) is 0 Å². The van der Waals surface area contributed by atoms with Crippen molar-refractivity contribution >= 4 is 10.1 Å². The fourth-order valence-corrected chi connectivity index (χ4v) is 1.26. The van der Waals surface area contributed by atoms with Crippen molar-refractivity contribution in [2.75, 3.05) is 5.75 Å². The summed E-state index contributed by atoms with van der Waals surface area (Å²) in [7, 11) is -0.00752. The van der Waals surface area contributed by atoms with Gasteiger partial charge in [-0.05, 0) is 6.42 Å². The van der Waals surface area contributed by atoms with Crippen molar-refractivity contribution in [2.45, 2.75) is 6.42 Å². The molecule has 0 aromatic carbocycles. The molecule has 0 aliphatic rings. The molecule has 0 saturated heterocycles. The molecule has 0 aliphatic carbocycles. The first-order valence-corrected chi connectivity index (χ1v) is 5.94. The van der Waals surface area contributed by atoms with Crippen LogP contribution in [0.5, 0.6) is 0 Å². The summed E-state index contributed by atoms with van der Waals surface area (Å²) in [5, 5.41) is 0. The van der Waals surface area contributed by atoms with E-state index < -0.39 is 10.1 Å². The van der Waals surface area contributed by atoms with Gasteiger partial charge in [-0.3, -0.25) is 0 Å². The summed E-state index contributed by atoms with van der Waals surface area (Å²) in [6.45, 7) is 3.26. The molecule has 1 rings (SSSR count). The number of imidazole rings is 1. The summed E-state index contributed by atoms with van der Waals surface area (Å²) in [4.78, 5) is 0. The Hall–Kier alpha value is -1.14. The first kappa shape index (κ1) is 13.9. The molecule has 0 bridgehead atoms. The van der Waals surface area contributed by atoms with Crippen molar-refractivity contribution in [3.05, 3.63) is 31.4 Å². The first-order chi connectivity index (χ1) is 6.85. The van der Waals surface area contributed by atoms with E-state index in [4.69, 9.17) is 0 Å². The molecule has 0 fully saturated rings. The van der Waals surface area contributed by atoms with Gasteiger partial charge in [-0.2, -0.15) is 0 Å². The van der Waals surface area contributed by atoms with Crippen LogP contribution in [0.25, 0.3) is 0 Å². The first-order valence-electron chi connectivity index (χ1n) is 4.37. The number of rotatable bonds is 3. The Labute approximate surface area is 90.4 Å². The molecule has 0 spiro atoms. The van der Waals surface area contributed by atoms with E-state index in [9.17, 15) is 13.0 Å². The monoisotopic (exact) mass is 232 g/mol. The van der Waals surface area contributed by atoms with Gasteiger partial charge in [0.25, 0.3) is 0 Å². The molecular weight excluding hydrogens is 216 g/mol. The lowest BCUT2D eigenvalue weighted by molar-refractivity contribution is -0.670. The van der Waals surface area contributed by atoms with Crippen LogP contribution in [0.15, 0.2) is 31.4 Å². The zero-order valence-electron chi connectivity index (χ0n) is 8.96. The third-order valence-electron chi connectivity index (χ3n) is 1.47.